The number of benzene rings is 2. The second-order valence-corrected chi connectivity index (χ2v) is 9.19. The lowest BCUT2D eigenvalue weighted by Gasteiger charge is -2.10. The first-order valence-electron chi connectivity index (χ1n) is 8.29. The number of nitrogens with zero attached hydrogens (tertiary/aromatic N) is 3. The molecule has 3 rings (SSSR count). The summed E-state index contributed by atoms with van der Waals surface area (Å²) in [5.74, 6) is 1.28. The van der Waals surface area contributed by atoms with E-state index < -0.39 is 10.0 Å². The van der Waals surface area contributed by atoms with Crippen molar-refractivity contribution in [2.75, 3.05) is 11.5 Å². The molecule has 0 fully saturated rings. The molecule has 0 aliphatic heterocycles. The maximum atomic E-state index is 11.1. The smallest absolute Gasteiger partial charge is 0.209 e. The first-order chi connectivity index (χ1) is 12.9. The van der Waals surface area contributed by atoms with Crippen molar-refractivity contribution in [3.63, 3.8) is 0 Å². The van der Waals surface area contributed by atoms with Gasteiger partial charge >= 0.3 is 0 Å². The molecular weight excluding hydrogens is 404 g/mol. The molecule has 0 unspecified atom stereocenters. The lowest BCUT2D eigenvalue weighted by Crippen LogP contribution is -2.16. The molecule has 0 saturated carbocycles. The van der Waals surface area contributed by atoms with Crippen LogP contribution in [0.15, 0.2) is 59.8 Å². The molecular formula is C18H19ClN4O2S2. The van der Waals surface area contributed by atoms with E-state index in [4.69, 9.17) is 16.7 Å². The molecule has 0 spiro atoms. The summed E-state index contributed by atoms with van der Waals surface area (Å²) in [6.45, 7) is 0.614. The number of thioether (sulfide) groups is 1. The van der Waals surface area contributed by atoms with Gasteiger partial charge in [0.1, 0.15) is 0 Å². The van der Waals surface area contributed by atoms with E-state index in [0.717, 1.165) is 22.1 Å². The average molecular weight is 423 g/mol. The summed E-state index contributed by atoms with van der Waals surface area (Å²) in [5, 5.41) is 15.1. The predicted molar refractivity (Wildman–Crippen MR) is 109 cm³/mol. The lowest BCUT2D eigenvalue weighted by molar-refractivity contribution is 0.596. The van der Waals surface area contributed by atoms with E-state index in [-0.39, 0.29) is 5.75 Å². The SMILES string of the molecule is NS(=O)(=O)CCCSc1nnc(-c2ccc(Cl)cc2)n1Cc1ccccc1. The molecule has 0 radical (unpaired) electrons. The van der Waals surface area contributed by atoms with Crippen LogP contribution in [0, 0.1) is 0 Å². The average Bonchev–Trinajstić information content (AvgIpc) is 3.02. The van der Waals surface area contributed by atoms with Gasteiger partial charge in [0.2, 0.25) is 10.0 Å². The number of rotatable bonds is 8. The molecule has 1 heterocycles. The zero-order valence-electron chi connectivity index (χ0n) is 14.5. The van der Waals surface area contributed by atoms with E-state index >= 15 is 0 Å². The molecule has 27 heavy (non-hydrogen) atoms. The maximum absolute atomic E-state index is 11.1. The van der Waals surface area contributed by atoms with Crippen LogP contribution in [0.3, 0.4) is 0 Å². The van der Waals surface area contributed by atoms with Gasteiger partial charge in [0.05, 0.1) is 12.3 Å². The molecule has 3 aromatic rings. The Hall–Kier alpha value is -1.87. The molecule has 0 aliphatic rings. The van der Waals surface area contributed by atoms with Crippen LogP contribution < -0.4 is 5.14 Å². The van der Waals surface area contributed by atoms with Gasteiger partial charge in [0.15, 0.2) is 11.0 Å². The number of hydrogen-bond acceptors (Lipinski definition) is 5. The largest absolute Gasteiger partial charge is 0.298 e. The second-order valence-electron chi connectivity index (χ2n) is 5.95. The highest BCUT2D eigenvalue weighted by Gasteiger charge is 2.15. The highest BCUT2D eigenvalue weighted by atomic mass is 35.5. The van der Waals surface area contributed by atoms with Crippen molar-refractivity contribution in [2.24, 2.45) is 5.14 Å². The van der Waals surface area contributed by atoms with Crippen molar-refractivity contribution in [1.82, 2.24) is 14.8 Å². The van der Waals surface area contributed by atoms with E-state index in [1.54, 1.807) is 0 Å². The fourth-order valence-electron chi connectivity index (χ4n) is 2.54. The summed E-state index contributed by atoms with van der Waals surface area (Å²) < 4.78 is 24.2. The van der Waals surface area contributed by atoms with Crippen molar-refractivity contribution in [3.05, 3.63) is 65.2 Å². The van der Waals surface area contributed by atoms with E-state index in [1.165, 1.54) is 11.8 Å². The third-order valence-corrected chi connectivity index (χ3v) is 5.97. The molecule has 142 valence electrons. The summed E-state index contributed by atoms with van der Waals surface area (Å²) >= 11 is 7.46. The van der Waals surface area contributed by atoms with E-state index in [9.17, 15) is 8.42 Å². The second kappa shape index (κ2) is 8.88. The van der Waals surface area contributed by atoms with Crippen molar-refractivity contribution >= 4 is 33.4 Å². The Balaban J connectivity index is 1.85. The third kappa shape index (κ3) is 5.80. The highest BCUT2D eigenvalue weighted by molar-refractivity contribution is 7.99. The Labute approximate surface area is 167 Å². The predicted octanol–water partition coefficient (Wildman–Crippen LogP) is 3.42. The van der Waals surface area contributed by atoms with Crippen molar-refractivity contribution in [2.45, 2.75) is 18.1 Å². The number of primary sulfonamides is 1. The lowest BCUT2D eigenvalue weighted by atomic mass is 10.2. The van der Waals surface area contributed by atoms with Crippen LogP contribution in [0.4, 0.5) is 0 Å². The minimum atomic E-state index is -3.45. The van der Waals surface area contributed by atoms with E-state index in [1.807, 2.05) is 59.2 Å². The van der Waals surface area contributed by atoms with Crippen LogP contribution in [-0.4, -0.2) is 34.7 Å². The summed E-state index contributed by atoms with van der Waals surface area (Å²) in [6, 6.07) is 17.5. The van der Waals surface area contributed by atoms with Gasteiger partial charge < -0.3 is 0 Å². The number of aromatic nitrogens is 3. The highest BCUT2D eigenvalue weighted by Crippen LogP contribution is 2.26. The van der Waals surface area contributed by atoms with Gasteiger partial charge in [-0.2, -0.15) is 0 Å². The molecule has 0 aliphatic carbocycles. The zero-order chi connectivity index (χ0) is 19.3. The third-order valence-electron chi connectivity index (χ3n) is 3.81. The summed E-state index contributed by atoms with van der Waals surface area (Å²) in [4.78, 5) is 0. The quantitative estimate of drug-likeness (QED) is 0.443. The van der Waals surface area contributed by atoms with Crippen LogP contribution >= 0.6 is 23.4 Å². The summed E-state index contributed by atoms with van der Waals surface area (Å²) in [5.41, 5.74) is 2.04. The van der Waals surface area contributed by atoms with Gasteiger partial charge in [-0.15, -0.1) is 10.2 Å². The minimum absolute atomic E-state index is 0.0448. The molecule has 0 atom stereocenters. The number of sulfonamides is 1. The van der Waals surface area contributed by atoms with Gasteiger partial charge in [-0.1, -0.05) is 53.7 Å². The minimum Gasteiger partial charge on any atom is -0.298 e. The molecule has 6 nitrogen and oxygen atoms in total. The molecule has 1 aromatic heterocycles. The van der Waals surface area contributed by atoms with E-state index in [2.05, 4.69) is 10.2 Å². The monoisotopic (exact) mass is 422 g/mol. The van der Waals surface area contributed by atoms with Crippen LogP contribution in [0.5, 0.6) is 0 Å². The Morgan fingerprint density at radius 1 is 1.04 bits per heavy atom. The Kier molecular flexibility index (Phi) is 6.54. The fraction of sp³-hybridized carbons (Fsp3) is 0.222. The first-order valence-corrected chi connectivity index (χ1v) is 11.4. The van der Waals surface area contributed by atoms with Gasteiger partial charge in [-0.05, 0) is 36.2 Å². The van der Waals surface area contributed by atoms with Crippen LogP contribution in [0.25, 0.3) is 11.4 Å². The molecule has 0 saturated heterocycles. The number of halogens is 1. The molecule has 0 bridgehead atoms. The first kappa shape index (κ1) is 19.9. The fourth-order valence-corrected chi connectivity index (χ4v) is 4.27. The maximum Gasteiger partial charge on any atom is 0.209 e. The van der Waals surface area contributed by atoms with Crippen molar-refractivity contribution in [3.8, 4) is 11.4 Å². The van der Waals surface area contributed by atoms with Gasteiger partial charge in [-0.3, -0.25) is 4.57 Å². The number of hydrogen-bond donors (Lipinski definition) is 1. The number of nitrogens with two attached hydrogens (primary N) is 1. The Bertz CT molecular complexity index is 990. The van der Waals surface area contributed by atoms with E-state index in [0.29, 0.717) is 23.7 Å². The molecule has 2 aromatic carbocycles. The van der Waals surface area contributed by atoms with Gasteiger partial charge in [0, 0.05) is 16.3 Å². The van der Waals surface area contributed by atoms with Crippen LogP contribution in [0.1, 0.15) is 12.0 Å². The van der Waals surface area contributed by atoms with Crippen LogP contribution in [0.2, 0.25) is 5.02 Å². The summed E-state index contributed by atoms with van der Waals surface area (Å²) in [7, 11) is -3.45. The van der Waals surface area contributed by atoms with Crippen molar-refractivity contribution in [1.29, 1.82) is 0 Å². The van der Waals surface area contributed by atoms with Crippen LogP contribution in [-0.2, 0) is 16.6 Å². The standard InChI is InChI=1S/C18H19ClN4O2S2/c19-16-9-7-15(8-10-16)17-21-22-18(26-11-4-12-27(20,24)25)23(17)13-14-5-2-1-3-6-14/h1-3,5-10H,4,11-13H2,(H2,20,24,25). The Morgan fingerprint density at radius 2 is 1.74 bits per heavy atom. The molecule has 2 N–H and O–H groups in total. The zero-order valence-corrected chi connectivity index (χ0v) is 16.8. The topological polar surface area (TPSA) is 90.9 Å². The van der Waals surface area contributed by atoms with Gasteiger partial charge in [0.25, 0.3) is 0 Å². The summed E-state index contributed by atoms with van der Waals surface area (Å²) in [6.07, 6.45) is 0.456. The normalized spacial score (nSPS) is 11.6. The van der Waals surface area contributed by atoms with Gasteiger partial charge in [-0.25, -0.2) is 13.6 Å². The Morgan fingerprint density at radius 3 is 2.41 bits per heavy atom. The molecule has 0 amide bonds. The molecule has 9 heteroatoms. The van der Waals surface area contributed by atoms with Crippen molar-refractivity contribution < 1.29 is 8.42 Å².